The van der Waals surface area contributed by atoms with E-state index in [1.807, 2.05) is 0 Å². The number of benzene rings is 1. The third-order valence-electron chi connectivity index (χ3n) is 2.33. The molecule has 0 aliphatic heterocycles. The molecule has 0 saturated heterocycles. The number of aliphatic hydroxyl groups excluding tert-OH is 1. The van der Waals surface area contributed by atoms with Crippen LogP contribution in [-0.2, 0) is 0 Å². The summed E-state index contributed by atoms with van der Waals surface area (Å²) >= 11 is 5.81. The van der Waals surface area contributed by atoms with Crippen molar-refractivity contribution in [3.63, 3.8) is 0 Å². The molecule has 1 unspecified atom stereocenters. The number of hydrogen-bond donors (Lipinski definition) is 2. The van der Waals surface area contributed by atoms with Crippen LogP contribution >= 0.6 is 11.6 Å². The van der Waals surface area contributed by atoms with Crippen LogP contribution in [0.5, 0.6) is 0 Å². The second-order valence-electron chi connectivity index (χ2n) is 3.92. The Kier molecular flexibility index (Phi) is 5.06. The molecule has 0 fully saturated rings. The fourth-order valence-electron chi connectivity index (χ4n) is 1.23. The van der Waals surface area contributed by atoms with Crippen molar-refractivity contribution in [3.8, 4) is 0 Å². The number of amides is 1. The predicted molar refractivity (Wildman–Crippen MR) is 66.7 cm³/mol. The first-order chi connectivity index (χ1) is 8.45. The Labute approximate surface area is 109 Å². The summed E-state index contributed by atoms with van der Waals surface area (Å²) < 4.78 is 0. The minimum atomic E-state index is -0.594. The van der Waals surface area contributed by atoms with E-state index < -0.39 is 10.8 Å². The predicted octanol–water partition coefficient (Wildman–Crippen LogP) is 1.61. The lowest BCUT2D eigenvalue weighted by Gasteiger charge is -2.10. The molecular formula is C11H13ClN2O4. The van der Waals surface area contributed by atoms with E-state index >= 15 is 0 Å². The Balaban J connectivity index is 2.84. The third-order valence-corrected chi connectivity index (χ3v) is 2.66. The number of non-ortho nitro benzene ring substituents is 1. The minimum Gasteiger partial charge on any atom is -0.396 e. The number of nitro benzene ring substituents is 1. The van der Waals surface area contributed by atoms with E-state index in [1.54, 1.807) is 6.92 Å². The molecule has 0 aliphatic rings. The standard InChI is InChI=1S/C11H13ClN2O4/c1-7(6-15)5-13-11(16)9-4-8(14(17)18)2-3-10(9)12/h2-4,7,15H,5-6H2,1H3,(H,13,16). The molecule has 7 heteroatoms. The summed E-state index contributed by atoms with van der Waals surface area (Å²) in [6, 6.07) is 3.67. The molecule has 1 amide bonds. The van der Waals surface area contributed by atoms with E-state index in [0.717, 1.165) is 6.07 Å². The van der Waals surface area contributed by atoms with Crippen molar-refractivity contribution in [2.45, 2.75) is 6.92 Å². The molecule has 6 nitrogen and oxygen atoms in total. The molecule has 18 heavy (non-hydrogen) atoms. The van der Waals surface area contributed by atoms with Gasteiger partial charge >= 0.3 is 0 Å². The maximum Gasteiger partial charge on any atom is 0.270 e. The summed E-state index contributed by atoms with van der Waals surface area (Å²) in [5.41, 5.74) is -0.143. The first-order valence-corrected chi connectivity index (χ1v) is 5.66. The van der Waals surface area contributed by atoms with Crippen LogP contribution in [0, 0.1) is 16.0 Å². The molecule has 0 aromatic heterocycles. The van der Waals surface area contributed by atoms with Crippen molar-refractivity contribution in [1.29, 1.82) is 0 Å². The van der Waals surface area contributed by atoms with Crippen LogP contribution in [0.3, 0.4) is 0 Å². The molecule has 1 rings (SSSR count). The number of carbonyl (C=O) groups is 1. The number of rotatable bonds is 5. The summed E-state index contributed by atoms with van der Waals surface area (Å²) in [6.07, 6.45) is 0. The summed E-state index contributed by atoms with van der Waals surface area (Å²) in [5, 5.41) is 22.1. The van der Waals surface area contributed by atoms with Gasteiger partial charge in [0.2, 0.25) is 0 Å². The zero-order valence-electron chi connectivity index (χ0n) is 9.72. The minimum absolute atomic E-state index is 0.0519. The molecule has 0 heterocycles. The molecule has 2 N–H and O–H groups in total. The van der Waals surface area contributed by atoms with Gasteiger partial charge in [0.15, 0.2) is 0 Å². The third kappa shape index (κ3) is 3.68. The molecular weight excluding hydrogens is 260 g/mol. The van der Waals surface area contributed by atoms with Crippen molar-refractivity contribution in [2.24, 2.45) is 5.92 Å². The van der Waals surface area contributed by atoms with E-state index in [2.05, 4.69) is 5.32 Å². The van der Waals surface area contributed by atoms with Gasteiger partial charge < -0.3 is 10.4 Å². The van der Waals surface area contributed by atoms with E-state index in [4.69, 9.17) is 16.7 Å². The topological polar surface area (TPSA) is 92.5 Å². The first kappa shape index (κ1) is 14.4. The Hall–Kier alpha value is -1.66. The van der Waals surface area contributed by atoms with E-state index in [9.17, 15) is 14.9 Å². The molecule has 1 aromatic carbocycles. The number of nitro groups is 1. The molecule has 1 atom stereocenters. The van der Waals surface area contributed by atoms with Crippen LogP contribution in [0.4, 0.5) is 5.69 Å². The largest absolute Gasteiger partial charge is 0.396 e. The fourth-order valence-corrected chi connectivity index (χ4v) is 1.43. The van der Waals surface area contributed by atoms with Gasteiger partial charge in [0.1, 0.15) is 0 Å². The van der Waals surface area contributed by atoms with Crippen molar-refractivity contribution in [1.82, 2.24) is 5.32 Å². The highest BCUT2D eigenvalue weighted by Gasteiger charge is 2.16. The maximum atomic E-state index is 11.8. The van der Waals surface area contributed by atoms with E-state index in [1.165, 1.54) is 12.1 Å². The number of nitrogens with one attached hydrogen (secondary N) is 1. The van der Waals surface area contributed by atoms with Crippen molar-refractivity contribution < 1.29 is 14.8 Å². The van der Waals surface area contributed by atoms with Gasteiger partial charge in [-0.15, -0.1) is 0 Å². The Bertz CT molecular complexity index is 464. The normalized spacial score (nSPS) is 11.9. The summed E-state index contributed by atoms with van der Waals surface area (Å²) in [6.45, 7) is 1.98. The Morgan fingerprint density at radius 2 is 2.28 bits per heavy atom. The zero-order valence-corrected chi connectivity index (χ0v) is 10.5. The number of nitrogens with zero attached hydrogens (tertiary/aromatic N) is 1. The molecule has 0 radical (unpaired) electrons. The van der Waals surface area contributed by atoms with Gasteiger partial charge in [0.05, 0.1) is 15.5 Å². The molecule has 0 saturated carbocycles. The zero-order chi connectivity index (χ0) is 13.7. The van der Waals surface area contributed by atoms with Crippen LogP contribution in [0.25, 0.3) is 0 Å². The van der Waals surface area contributed by atoms with Gasteiger partial charge in [-0.25, -0.2) is 0 Å². The first-order valence-electron chi connectivity index (χ1n) is 5.28. The van der Waals surface area contributed by atoms with E-state index in [0.29, 0.717) is 0 Å². The van der Waals surface area contributed by atoms with Gasteiger partial charge in [-0.3, -0.25) is 14.9 Å². The van der Waals surface area contributed by atoms with Crippen LogP contribution in [0.1, 0.15) is 17.3 Å². The van der Waals surface area contributed by atoms with Crippen LogP contribution in [-0.4, -0.2) is 29.1 Å². The molecule has 1 aromatic rings. The number of hydrogen-bond acceptors (Lipinski definition) is 4. The lowest BCUT2D eigenvalue weighted by atomic mass is 10.1. The van der Waals surface area contributed by atoms with Crippen molar-refractivity contribution >= 4 is 23.2 Å². The highest BCUT2D eigenvalue weighted by atomic mass is 35.5. The second-order valence-corrected chi connectivity index (χ2v) is 4.33. The van der Waals surface area contributed by atoms with Crippen molar-refractivity contribution in [3.05, 3.63) is 38.9 Å². The average molecular weight is 273 g/mol. The monoisotopic (exact) mass is 272 g/mol. The van der Waals surface area contributed by atoms with Gasteiger partial charge in [-0.2, -0.15) is 0 Å². The lowest BCUT2D eigenvalue weighted by molar-refractivity contribution is -0.384. The number of aliphatic hydroxyl groups is 1. The number of halogens is 1. The molecule has 0 spiro atoms. The fraction of sp³-hybridized carbons (Fsp3) is 0.364. The maximum absolute atomic E-state index is 11.8. The highest BCUT2D eigenvalue weighted by molar-refractivity contribution is 6.33. The second kappa shape index (κ2) is 6.32. The van der Waals surface area contributed by atoms with Crippen LogP contribution < -0.4 is 5.32 Å². The van der Waals surface area contributed by atoms with Gasteiger partial charge in [-0.05, 0) is 12.0 Å². The summed E-state index contributed by atoms with van der Waals surface area (Å²) in [7, 11) is 0. The average Bonchev–Trinajstić information content (AvgIpc) is 2.35. The Morgan fingerprint density at radius 1 is 1.61 bits per heavy atom. The van der Waals surface area contributed by atoms with Crippen molar-refractivity contribution in [2.75, 3.05) is 13.2 Å². The van der Waals surface area contributed by atoms with Crippen LogP contribution in [0.2, 0.25) is 5.02 Å². The molecule has 0 aliphatic carbocycles. The van der Waals surface area contributed by atoms with E-state index in [-0.39, 0.29) is 35.3 Å². The quantitative estimate of drug-likeness (QED) is 0.629. The summed E-state index contributed by atoms with van der Waals surface area (Å²) in [5.74, 6) is -0.588. The summed E-state index contributed by atoms with van der Waals surface area (Å²) in [4.78, 5) is 21.8. The molecule has 98 valence electrons. The number of carbonyl (C=O) groups excluding carboxylic acids is 1. The van der Waals surface area contributed by atoms with Gasteiger partial charge in [-0.1, -0.05) is 18.5 Å². The highest BCUT2D eigenvalue weighted by Crippen LogP contribution is 2.21. The lowest BCUT2D eigenvalue weighted by Crippen LogP contribution is -2.29. The molecule has 0 bridgehead atoms. The Morgan fingerprint density at radius 3 is 2.83 bits per heavy atom. The smallest absolute Gasteiger partial charge is 0.270 e. The van der Waals surface area contributed by atoms with Gasteiger partial charge in [0.25, 0.3) is 11.6 Å². The SMILES string of the molecule is CC(CO)CNC(=O)c1cc([N+](=O)[O-])ccc1Cl. The van der Waals surface area contributed by atoms with Gasteiger partial charge in [0, 0.05) is 25.3 Å². The van der Waals surface area contributed by atoms with Crippen LogP contribution in [0.15, 0.2) is 18.2 Å².